The van der Waals surface area contributed by atoms with Crippen LogP contribution in [0.15, 0.2) is 0 Å². The molecule has 0 radical (unpaired) electrons. The summed E-state index contributed by atoms with van der Waals surface area (Å²) in [6.07, 6.45) is 3.56. The zero-order chi connectivity index (χ0) is 26.2. The molecule has 0 spiro atoms. The second-order valence-corrected chi connectivity index (χ2v) is 13.2. The quantitative estimate of drug-likeness (QED) is 0.338. The van der Waals surface area contributed by atoms with Gasteiger partial charge in [-0.25, -0.2) is 0 Å². The van der Waals surface area contributed by atoms with Crippen LogP contribution in [0.3, 0.4) is 0 Å². The minimum atomic E-state index is 0.124. The monoisotopic (exact) mass is 479 g/mol. The number of hydrogen-bond acceptors (Lipinski definition) is 2. The summed E-state index contributed by atoms with van der Waals surface area (Å²) in [6, 6.07) is 0. The smallest absolute Gasteiger partial charge is 0.143 e. The van der Waals surface area contributed by atoms with Gasteiger partial charge in [-0.3, -0.25) is 0 Å². The zero-order valence-corrected chi connectivity index (χ0v) is 24.3. The van der Waals surface area contributed by atoms with Gasteiger partial charge >= 0.3 is 0 Å². The van der Waals surface area contributed by atoms with Crippen molar-refractivity contribution in [1.29, 1.82) is 0 Å². The van der Waals surface area contributed by atoms with Gasteiger partial charge in [0, 0.05) is 46.4 Å². The first-order valence-corrected chi connectivity index (χ1v) is 13.5. The van der Waals surface area contributed by atoms with Crippen molar-refractivity contribution in [3.8, 4) is 11.5 Å². The van der Waals surface area contributed by atoms with Crippen LogP contribution in [0.1, 0.15) is 91.1 Å². The van der Waals surface area contributed by atoms with E-state index in [0.29, 0.717) is 0 Å². The number of benzene rings is 3. The van der Waals surface area contributed by atoms with Gasteiger partial charge in [0.15, 0.2) is 0 Å². The topological polar surface area (TPSA) is 12.5 Å². The van der Waals surface area contributed by atoms with Crippen molar-refractivity contribution in [1.82, 2.24) is 0 Å². The fourth-order valence-corrected chi connectivity index (χ4v) is 8.14. The Bertz CT molecular complexity index is 1680. The third-order valence-electron chi connectivity index (χ3n) is 9.93. The van der Waals surface area contributed by atoms with Crippen molar-refractivity contribution in [3.05, 3.63) is 60.5 Å². The predicted molar refractivity (Wildman–Crippen MR) is 155 cm³/mol. The van der Waals surface area contributed by atoms with E-state index in [4.69, 9.17) is 4.74 Å². The molecule has 3 aliphatic rings. The molecule has 0 amide bonds. The molecule has 0 fully saturated rings. The standard InChI is InChI=1S/C34H41NO/c1-16-17(2)27-26(29-23(16)13-14-33(29,8)9)19(4)18(3)24-20(5)25-21(6)28-30(35(12)15-34(28,10)11)22(7)31(25)36-32(24)27/h13H,14-15H2,1-12H3. The largest absolute Gasteiger partial charge is 0.455 e. The number of rotatable bonds is 0. The Morgan fingerprint density at radius 1 is 0.694 bits per heavy atom. The second kappa shape index (κ2) is 6.97. The molecule has 2 nitrogen and oxygen atoms in total. The van der Waals surface area contributed by atoms with Gasteiger partial charge in [-0.05, 0) is 115 Å². The summed E-state index contributed by atoms with van der Waals surface area (Å²) in [5.41, 5.74) is 15.5. The molecule has 36 heavy (non-hydrogen) atoms. The highest BCUT2D eigenvalue weighted by atomic mass is 16.5. The van der Waals surface area contributed by atoms with Gasteiger partial charge in [-0.1, -0.05) is 33.8 Å². The first-order valence-electron chi connectivity index (χ1n) is 13.5. The summed E-state index contributed by atoms with van der Waals surface area (Å²) in [4.78, 5) is 2.44. The van der Waals surface area contributed by atoms with Crippen LogP contribution in [0, 0.1) is 41.5 Å². The van der Waals surface area contributed by atoms with Crippen molar-refractivity contribution >= 4 is 28.1 Å². The summed E-state index contributed by atoms with van der Waals surface area (Å²) >= 11 is 0. The zero-order valence-electron chi connectivity index (χ0n) is 24.3. The first-order chi connectivity index (χ1) is 16.7. The van der Waals surface area contributed by atoms with Crippen molar-refractivity contribution in [2.75, 3.05) is 18.5 Å². The van der Waals surface area contributed by atoms with Crippen molar-refractivity contribution in [2.24, 2.45) is 0 Å². The molecule has 3 aromatic rings. The van der Waals surface area contributed by atoms with Gasteiger partial charge in [0.25, 0.3) is 0 Å². The summed E-state index contributed by atoms with van der Waals surface area (Å²) < 4.78 is 7.16. The van der Waals surface area contributed by atoms with E-state index >= 15 is 0 Å². The van der Waals surface area contributed by atoms with Gasteiger partial charge in [0.1, 0.15) is 11.5 Å². The molecule has 0 aromatic heterocycles. The highest BCUT2D eigenvalue weighted by Crippen LogP contribution is 2.53. The van der Waals surface area contributed by atoms with E-state index < -0.39 is 0 Å². The Balaban J connectivity index is 1.84. The average Bonchev–Trinajstić information content (AvgIpc) is 3.23. The second-order valence-electron chi connectivity index (χ2n) is 13.2. The van der Waals surface area contributed by atoms with Crippen LogP contribution in [0.25, 0.3) is 22.4 Å². The van der Waals surface area contributed by atoms with Gasteiger partial charge in [-0.15, -0.1) is 0 Å². The highest BCUT2D eigenvalue weighted by Gasteiger charge is 2.40. The maximum absolute atomic E-state index is 7.16. The minimum Gasteiger partial charge on any atom is -0.455 e. The van der Waals surface area contributed by atoms with E-state index in [0.717, 1.165) is 24.5 Å². The third kappa shape index (κ3) is 2.63. The lowest BCUT2D eigenvalue weighted by atomic mass is 9.77. The van der Waals surface area contributed by atoms with Crippen molar-refractivity contribution in [2.45, 2.75) is 93.4 Å². The van der Waals surface area contributed by atoms with Crippen molar-refractivity contribution < 1.29 is 4.74 Å². The molecule has 2 heterocycles. The predicted octanol–water partition coefficient (Wildman–Crippen LogP) is 7.20. The Morgan fingerprint density at radius 3 is 2.00 bits per heavy atom. The molecule has 0 atom stereocenters. The molecular formula is C34H41NO. The summed E-state index contributed by atoms with van der Waals surface area (Å²) in [7, 11) is 2.23. The first kappa shape index (κ1) is 23.6. The van der Waals surface area contributed by atoms with Crippen molar-refractivity contribution in [3.63, 3.8) is 0 Å². The van der Waals surface area contributed by atoms with E-state index in [1.807, 2.05) is 0 Å². The normalized spacial score (nSPS) is 18.6. The van der Waals surface area contributed by atoms with Gasteiger partial charge in [0.05, 0.1) is 0 Å². The fraction of sp³-hybridized carbons (Fsp3) is 0.471. The maximum Gasteiger partial charge on any atom is 0.143 e. The SMILES string of the molecule is CC1=c2c(C)c(C)c3c4c(c(C)c(C)c3c2Oc2c(C)c3c(c(C)c21)C(C)(C)CN3C)=CCC4(C)C. The molecule has 0 saturated heterocycles. The maximum atomic E-state index is 7.16. The molecule has 0 N–H and O–H groups in total. The van der Waals surface area contributed by atoms with Crippen LogP contribution in [0.2, 0.25) is 0 Å². The molecule has 188 valence electrons. The third-order valence-corrected chi connectivity index (χ3v) is 9.93. The van der Waals surface area contributed by atoms with E-state index in [1.165, 1.54) is 82.5 Å². The van der Waals surface area contributed by atoms with Crippen LogP contribution in [-0.4, -0.2) is 13.6 Å². The van der Waals surface area contributed by atoms with E-state index in [2.05, 4.69) is 94.2 Å². The lowest BCUT2D eigenvalue weighted by Crippen LogP contribution is -2.27. The van der Waals surface area contributed by atoms with Gasteiger partial charge in [0.2, 0.25) is 0 Å². The van der Waals surface area contributed by atoms with Gasteiger partial charge in [-0.2, -0.15) is 0 Å². The lowest BCUT2D eigenvalue weighted by Gasteiger charge is -2.31. The Kier molecular flexibility index (Phi) is 4.58. The number of fused-ring (bicyclic) bond motifs is 7. The van der Waals surface area contributed by atoms with E-state index in [1.54, 1.807) is 0 Å². The van der Waals surface area contributed by atoms with Gasteiger partial charge < -0.3 is 9.64 Å². The molecule has 2 aliphatic heterocycles. The number of nitrogens with zero attached hydrogens (tertiary/aromatic N) is 1. The molecule has 1 aliphatic carbocycles. The Labute approximate surface area is 216 Å². The van der Waals surface area contributed by atoms with E-state index in [-0.39, 0.29) is 10.8 Å². The molecule has 0 saturated carbocycles. The summed E-state index contributed by atoms with van der Waals surface area (Å²) in [6.45, 7) is 26.8. The highest BCUT2D eigenvalue weighted by molar-refractivity contribution is 6.01. The van der Waals surface area contributed by atoms with Crippen LogP contribution in [0.4, 0.5) is 5.69 Å². The molecular weight excluding hydrogens is 438 g/mol. The summed E-state index contributed by atoms with van der Waals surface area (Å²) in [5.74, 6) is 2.14. The fourth-order valence-electron chi connectivity index (χ4n) is 8.14. The average molecular weight is 480 g/mol. The Hall–Kier alpha value is -2.74. The van der Waals surface area contributed by atoms with Crippen LogP contribution in [0.5, 0.6) is 11.5 Å². The Morgan fingerprint density at radius 2 is 1.33 bits per heavy atom. The van der Waals surface area contributed by atoms with Crippen LogP contribution in [-0.2, 0) is 10.8 Å². The van der Waals surface area contributed by atoms with Crippen LogP contribution >= 0.6 is 0 Å². The molecule has 2 heteroatoms. The molecule has 3 aromatic carbocycles. The molecule has 6 rings (SSSR count). The number of anilines is 1. The molecule has 0 unspecified atom stereocenters. The number of hydrogen-bond donors (Lipinski definition) is 0. The summed E-state index contributed by atoms with van der Waals surface area (Å²) in [5, 5.41) is 5.51. The van der Waals surface area contributed by atoms with E-state index in [9.17, 15) is 0 Å². The molecule has 0 bridgehead atoms. The number of likely N-dealkylation sites (N-methyl/N-ethyl adjacent to an activating group) is 1. The lowest BCUT2D eigenvalue weighted by molar-refractivity contribution is 0.472. The van der Waals surface area contributed by atoms with Crippen LogP contribution < -0.4 is 20.1 Å². The minimum absolute atomic E-state index is 0.124. The number of aryl methyl sites for hydroxylation is 2. The number of ether oxygens (including phenoxy) is 1.